The van der Waals surface area contributed by atoms with E-state index in [1.54, 1.807) is 10.4 Å². The van der Waals surface area contributed by atoms with Crippen LogP contribution in [0.4, 0.5) is 0 Å². The van der Waals surface area contributed by atoms with Crippen LogP contribution in [-0.2, 0) is 26.0 Å². The fourth-order valence-electron chi connectivity index (χ4n) is 4.34. The zero-order valence-electron chi connectivity index (χ0n) is 20.0. The summed E-state index contributed by atoms with van der Waals surface area (Å²) in [6, 6.07) is 15.2. The zero-order valence-corrected chi connectivity index (χ0v) is 20.9. The van der Waals surface area contributed by atoms with Gasteiger partial charge in [0.2, 0.25) is 10.0 Å². The van der Waals surface area contributed by atoms with E-state index in [4.69, 9.17) is 0 Å². The normalized spacial score (nSPS) is 16.7. The molecule has 1 fully saturated rings. The number of sulfonamides is 1. The first kappa shape index (κ1) is 25.9. The van der Waals surface area contributed by atoms with Crippen molar-refractivity contribution in [1.29, 1.82) is 0 Å². The van der Waals surface area contributed by atoms with Crippen LogP contribution in [0.15, 0.2) is 53.4 Å². The summed E-state index contributed by atoms with van der Waals surface area (Å²) < 4.78 is 28.4. The average Bonchev–Trinajstić information content (AvgIpc) is 2.84. The van der Waals surface area contributed by atoms with E-state index in [2.05, 4.69) is 10.6 Å². The van der Waals surface area contributed by atoms with Gasteiger partial charge in [-0.3, -0.25) is 9.59 Å². The fraction of sp³-hybridized carbons (Fsp3) is 0.462. The Balaban J connectivity index is 1.48. The number of benzene rings is 2. The van der Waals surface area contributed by atoms with Crippen molar-refractivity contribution >= 4 is 21.8 Å². The first-order valence-electron chi connectivity index (χ1n) is 12.0. The Morgan fingerprint density at radius 1 is 0.971 bits per heavy atom. The van der Waals surface area contributed by atoms with Crippen molar-refractivity contribution < 1.29 is 18.0 Å². The minimum absolute atomic E-state index is 0.201. The Bertz CT molecular complexity index is 1090. The highest BCUT2D eigenvalue weighted by molar-refractivity contribution is 7.89. The highest BCUT2D eigenvalue weighted by Gasteiger charge is 2.34. The molecule has 0 aromatic heterocycles. The molecule has 3 rings (SSSR count). The van der Waals surface area contributed by atoms with Crippen molar-refractivity contribution in [2.45, 2.75) is 63.3 Å². The average molecular weight is 486 g/mol. The predicted octanol–water partition coefficient (Wildman–Crippen LogP) is 3.10. The molecule has 0 radical (unpaired) electrons. The van der Waals surface area contributed by atoms with E-state index in [-0.39, 0.29) is 12.6 Å². The van der Waals surface area contributed by atoms with Crippen LogP contribution in [-0.4, -0.2) is 50.2 Å². The van der Waals surface area contributed by atoms with Crippen molar-refractivity contribution in [2.24, 2.45) is 0 Å². The SMILES string of the molecule is Cc1ccc(C)c(S(=O)(=O)N2CCCC[C@H]2CCNC(=O)C(=O)NCCCc2ccccc2)c1. The molecule has 1 saturated heterocycles. The third kappa shape index (κ3) is 6.90. The minimum atomic E-state index is -3.63. The third-order valence-corrected chi connectivity index (χ3v) is 8.34. The van der Waals surface area contributed by atoms with Gasteiger partial charge in [-0.25, -0.2) is 8.42 Å². The lowest BCUT2D eigenvalue weighted by Crippen LogP contribution is -2.46. The van der Waals surface area contributed by atoms with Crippen molar-refractivity contribution in [1.82, 2.24) is 14.9 Å². The van der Waals surface area contributed by atoms with E-state index in [9.17, 15) is 18.0 Å². The van der Waals surface area contributed by atoms with Crippen LogP contribution in [0.3, 0.4) is 0 Å². The van der Waals surface area contributed by atoms with Crippen LogP contribution >= 0.6 is 0 Å². The summed E-state index contributed by atoms with van der Waals surface area (Å²) in [6.07, 6.45) is 4.55. The number of amides is 2. The molecule has 1 aliphatic heterocycles. The number of hydrogen-bond acceptors (Lipinski definition) is 4. The monoisotopic (exact) mass is 485 g/mol. The summed E-state index contributed by atoms with van der Waals surface area (Å²) in [5.41, 5.74) is 2.82. The lowest BCUT2D eigenvalue weighted by Gasteiger charge is -2.35. The number of nitrogens with zero attached hydrogens (tertiary/aromatic N) is 1. The second-order valence-electron chi connectivity index (χ2n) is 8.92. The first-order valence-corrected chi connectivity index (χ1v) is 13.4. The maximum Gasteiger partial charge on any atom is 0.309 e. The Kier molecular flexibility index (Phi) is 9.24. The molecule has 0 aliphatic carbocycles. The van der Waals surface area contributed by atoms with Crippen LogP contribution in [0, 0.1) is 13.8 Å². The van der Waals surface area contributed by atoms with Crippen LogP contribution in [0.1, 0.15) is 48.8 Å². The van der Waals surface area contributed by atoms with Gasteiger partial charge in [-0.05, 0) is 68.7 Å². The molecule has 7 nitrogen and oxygen atoms in total. The standard InChI is InChI=1S/C26H35N3O4S/c1-20-13-14-21(2)24(19-20)34(32,33)29-18-7-6-12-23(29)15-17-28-26(31)25(30)27-16-8-11-22-9-4-3-5-10-22/h3-5,9-10,13-14,19,23H,6-8,11-12,15-18H2,1-2H3,(H,27,30)(H,28,31)/t23-/m0/s1. The Morgan fingerprint density at radius 3 is 2.41 bits per heavy atom. The lowest BCUT2D eigenvalue weighted by molar-refractivity contribution is -0.139. The van der Waals surface area contributed by atoms with Gasteiger partial charge in [-0.2, -0.15) is 4.31 Å². The molecule has 1 heterocycles. The van der Waals surface area contributed by atoms with Gasteiger partial charge in [0.05, 0.1) is 4.90 Å². The van der Waals surface area contributed by atoms with Crippen molar-refractivity contribution in [3.63, 3.8) is 0 Å². The first-order chi connectivity index (χ1) is 16.3. The van der Waals surface area contributed by atoms with Crippen molar-refractivity contribution in [2.75, 3.05) is 19.6 Å². The summed E-state index contributed by atoms with van der Waals surface area (Å²) in [5.74, 6) is -1.34. The summed E-state index contributed by atoms with van der Waals surface area (Å²) in [6.45, 7) is 4.83. The summed E-state index contributed by atoms with van der Waals surface area (Å²) in [4.78, 5) is 24.6. The predicted molar refractivity (Wildman–Crippen MR) is 133 cm³/mol. The molecular formula is C26H35N3O4S. The van der Waals surface area contributed by atoms with Gasteiger partial charge >= 0.3 is 11.8 Å². The Morgan fingerprint density at radius 2 is 1.68 bits per heavy atom. The molecule has 2 amide bonds. The van der Waals surface area contributed by atoms with Gasteiger partial charge in [0.1, 0.15) is 0 Å². The van der Waals surface area contributed by atoms with E-state index in [0.29, 0.717) is 24.4 Å². The van der Waals surface area contributed by atoms with Crippen LogP contribution in [0.2, 0.25) is 0 Å². The quantitative estimate of drug-likeness (QED) is 0.421. The number of carbonyl (C=O) groups is 2. The highest BCUT2D eigenvalue weighted by Crippen LogP contribution is 2.29. The number of carbonyl (C=O) groups excluding carboxylic acids is 2. The largest absolute Gasteiger partial charge is 0.348 e. The zero-order chi connectivity index (χ0) is 24.6. The second kappa shape index (κ2) is 12.1. The summed E-state index contributed by atoms with van der Waals surface area (Å²) >= 11 is 0. The molecule has 0 bridgehead atoms. The number of hydrogen-bond donors (Lipinski definition) is 2. The van der Waals surface area contributed by atoms with Crippen LogP contribution in [0.25, 0.3) is 0 Å². The molecule has 1 atom stereocenters. The smallest absolute Gasteiger partial charge is 0.309 e. The molecule has 0 unspecified atom stereocenters. The molecule has 2 aromatic rings. The maximum atomic E-state index is 13.4. The Hall–Kier alpha value is -2.71. The van der Waals surface area contributed by atoms with E-state index in [1.807, 2.05) is 56.3 Å². The van der Waals surface area contributed by atoms with Gasteiger partial charge in [-0.15, -0.1) is 0 Å². The van der Waals surface area contributed by atoms with Gasteiger partial charge in [-0.1, -0.05) is 48.9 Å². The number of rotatable bonds is 9. The van der Waals surface area contributed by atoms with E-state index >= 15 is 0 Å². The van der Waals surface area contributed by atoms with E-state index < -0.39 is 21.8 Å². The van der Waals surface area contributed by atoms with E-state index in [1.165, 1.54) is 5.56 Å². The highest BCUT2D eigenvalue weighted by atomic mass is 32.2. The van der Waals surface area contributed by atoms with Gasteiger partial charge in [0, 0.05) is 25.7 Å². The second-order valence-corrected chi connectivity index (χ2v) is 10.8. The molecule has 2 aromatic carbocycles. The number of aryl methyl sites for hydroxylation is 3. The Labute approximate surface area is 203 Å². The molecule has 8 heteroatoms. The summed E-state index contributed by atoms with van der Waals surface area (Å²) in [7, 11) is -3.63. The minimum Gasteiger partial charge on any atom is -0.348 e. The molecule has 0 saturated carbocycles. The summed E-state index contributed by atoms with van der Waals surface area (Å²) in [5, 5.41) is 5.30. The molecular weight excluding hydrogens is 450 g/mol. The van der Waals surface area contributed by atoms with Crippen LogP contribution < -0.4 is 10.6 Å². The van der Waals surface area contributed by atoms with Gasteiger partial charge in [0.25, 0.3) is 0 Å². The molecule has 184 valence electrons. The third-order valence-electron chi connectivity index (χ3n) is 6.24. The molecule has 0 spiro atoms. The van der Waals surface area contributed by atoms with Gasteiger partial charge in [0.15, 0.2) is 0 Å². The number of nitrogens with one attached hydrogen (secondary N) is 2. The fourth-order valence-corrected chi connectivity index (χ4v) is 6.38. The van der Waals surface area contributed by atoms with Crippen molar-refractivity contribution in [3.05, 3.63) is 65.2 Å². The lowest BCUT2D eigenvalue weighted by atomic mass is 10.0. The maximum absolute atomic E-state index is 13.4. The molecule has 34 heavy (non-hydrogen) atoms. The molecule has 1 aliphatic rings. The van der Waals surface area contributed by atoms with E-state index in [0.717, 1.165) is 43.2 Å². The van der Waals surface area contributed by atoms with Crippen LogP contribution in [0.5, 0.6) is 0 Å². The topological polar surface area (TPSA) is 95.6 Å². The number of piperidine rings is 1. The van der Waals surface area contributed by atoms with Crippen molar-refractivity contribution in [3.8, 4) is 0 Å². The molecule has 2 N–H and O–H groups in total. The van der Waals surface area contributed by atoms with Gasteiger partial charge < -0.3 is 10.6 Å².